The highest BCUT2D eigenvalue weighted by atomic mass is 35.5. The van der Waals surface area contributed by atoms with E-state index in [4.69, 9.17) is 11.6 Å². The van der Waals surface area contributed by atoms with Gasteiger partial charge in [-0.05, 0) is 49.8 Å². The van der Waals surface area contributed by atoms with Crippen molar-refractivity contribution in [3.8, 4) is 0 Å². The topological polar surface area (TPSA) is 108 Å². The number of hydrogen-bond acceptors (Lipinski definition) is 5. The number of aryl methyl sites for hydroxylation is 2. The Morgan fingerprint density at radius 1 is 1.23 bits per heavy atom. The fourth-order valence-corrected chi connectivity index (χ4v) is 3.47. The first-order chi connectivity index (χ1) is 14.2. The molecule has 3 rings (SSSR count). The first kappa shape index (κ1) is 21.5. The van der Waals surface area contributed by atoms with E-state index in [2.05, 4.69) is 15.5 Å². The number of hydrogen-bond donors (Lipinski definition) is 1. The van der Waals surface area contributed by atoms with Crippen molar-refractivity contribution in [2.24, 2.45) is 0 Å². The summed E-state index contributed by atoms with van der Waals surface area (Å²) in [4.78, 5) is 23.4. The summed E-state index contributed by atoms with van der Waals surface area (Å²) in [7, 11) is 0. The van der Waals surface area contributed by atoms with Crippen LogP contribution in [0.2, 0.25) is 5.02 Å². The number of carbonyl (C=O) groups excluding carboxylic acids is 1. The third-order valence-electron chi connectivity index (χ3n) is 4.96. The lowest BCUT2D eigenvalue weighted by Gasteiger charge is -2.14. The number of nitrogens with one attached hydrogen (secondary N) is 1. The van der Waals surface area contributed by atoms with E-state index in [9.17, 15) is 14.9 Å². The predicted octanol–water partition coefficient (Wildman–Crippen LogP) is 4.20. The summed E-state index contributed by atoms with van der Waals surface area (Å²) in [5.41, 5.74) is 3.72. The van der Waals surface area contributed by atoms with Crippen LogP contribution in [0.5, 0.6) is 0 Å². The summed E-state index contributed by atoms with van der Waals surface area (Å²) in [6.45, 7) is 7.78. The largest absolute Gasteiger partial charge is 0.390 e. The van der Waals surface area contributed by atoms with Crippen LogP contribution in [0.25, 0.3) is 0 Å². The molecule has 0 radical (unpaired) electrons. The molecule has 0 aliphatic carbocycles. The van der Waals surface area contributed by atoms with E-state index in [1.165, 1.54) is 10.7 Å². The Labute approximate surface area is 178 Å². The van der Waals surface area contributed by atoms with Crippen LogP contribution in [0.15, 0.2) is 30.3 Å². The normalized spacial score (nSPS) is 12.0. The Morgan fingerprint density at radius 2 is 1.90 bits per heavy atom. The zero-order valence-electron chi connectivity index (χ0n) is 17.2. The third kappa shape index (κ3) is 4.35. The zero-order valence-corrected chi connectivity index (χ0v) is 18.0. The molecule has 1 N–H and O–H groups in total. The van der Waals surface area contributed by atoms with Gasteiger partial charge in [0, 0.05) is 5.02 Å². The SMILES string of the molecule is CCC(C(=O)Nc1c(C)nn(Cc2ccc(Cl)cc2)c1C)n1nc([N+](=O)[O-])cc1C. The second kappa shape index (κ2) is 8.66. The molecule has 30 heavy (non-hydrogen) atoms. The summed E-state index contributed by atoms with van der Waals surface area (Å²) in [5.74, 6) is -0.572. The molecule has 3 aromatic rings. The second-order valence-electron chi connectivity index (χ2n) is 7.09. The first-order valence-electron chi connectivity index (χ1n) is 9.51. The predicted molar refractivity (Wildman–Crippen MR) is 114 cm³/mol. The van der Waals surface area contributed by atoms with Crippen LogP contribution in [0.4, 0.5) is 11.5 Å². The summed E-state index contributed by atoms with van der Waals surface area (Å²) in [5, 5.41) is 23.1. The average Bonchev–Trinajstić information content (AvgIpc) is 3.20. The number of benzene rings is 1. The molecule has 0 saturated carbocycles. The monoisotopic (exact) mass is 430 g/mol. The molecule has 1 atom stereocenters. The average molecular weight is 431 g/mol. The highest BCUT2D eigenvalue weighted by Gasteiger charge is 2.28. The van der Waals surface area contributed by atoms with Crippen LogP contribution in [-0.4, -0.2) is 30.4 Å². The van der Waals surface area contributed by atoms with Crippen LogP contribution < -0.4 is 5.32 Å². The summed E-state index contributed by atoms with van der Waals surface area (Å²) < 4.78 is 3.22. The Bertz CT molecular complexity index is 1090. The summed E-state index contributed by atoms with van der Waals surface area (Å²) >= 11 is 5.94. The van der Waals surface area contributed by atoms with Gasteiger partial charge < -0.3 is 15.4 Å². The van der Waals surface area contributed by atoms with Gasteiger partial charge in [-0.15, -0.1) is 0 Å². The molecule has 1 unspecified atom stereocenters. The number of anilines is 1. The molecule has 0 bridgehead atoms. The Morgan fingerprint density at radius 3 is 2.47 bits per heavy atom. The lowest BCUT2D eigenvalue weighted by atomic mass is 10.2. The fraction of sp³-hybridized carbons (Fsp3) is 0.350. The minimum absolute atomic E-state index is 0.276. The van der Waals surface area contributed by atoms with Crippen molar-refractivity contribution in [2.75, 3.05) is 5.32 Å². The molecular weight excluding hydrogens is 408 g/mol. The van der Waals surface area contributed by atoms with Crippen molar-refractivity contribution in [1.29, 1.82) is 0 Å². The molecule has 1 amide bonds. The van der Waals surface area contributed by atoms with E-state index in [0.29, 0.717) is 35.1 Å². The molecule has 0 fully saturated rings. The highest BCUT2D eigenvalue weighted by molar-refractivity contribution is 6.30. The molecule has 9 nitrogen and oxygen atoms in total. The van der Waals surface area contributed by atoms with Gasteiger partial charge in [0.25, 0.3) is 5.91 Å². The first-order valence-corrected chi connectivity index (χ1v) is 9.88. The van der Waals surface area contributed by atoms with E-state index >= 15 is 0 Å². The maximum absolute atomic E-state index is 13.0. The van der Waals surface area contributed by atoms with Gasteiger partial charge in [-0.3, -0.25) is 9.48 Å². The summed E-state index contributed by atoms with van der Waals surface area (Å²) in [6.07, 6.45) is 0.433. The molecule has 0 spiro atoms. The molecule has 0 aliphatic rings. The molecular formula is C20H23ClN6O3. The lowest BCUT2D eigenvalue weighted by molar-refractivity contribution is -0.389. The lowest BCUT2D eigenvalue weighted by Crippen LogP contribution is -2.27. The number of nitrogens with zero attached hydrogens (tertiary/aromatic N) is 5. The van der Waals surface area contributed by atoms with E-state index in [0.717, 1.165) is 11.3 Å². The summed E-state index contributed by atoms with van der Waals surface area (Å²) in [6, 6.07) is 8.19. The van der Waals surface area contributed by atoms with Crippen molar-refractivity contribution in [2.45, 2.75) is 46.7 Å². The van der Waals surface area contributed by atoms with Crippen LogP contribution in [-0.2, 0) is 11.3 Å². The van der Waals surface area contributed by atoms with Gasteiger partial charge in [0.2, 0.25) is 0 Å². The van der Waals surface area contributed by atoms with Crippen molar-refractivity contribution in [3.63, 3.8) is 0 Å². The van der Waals surface area contributed by atoms with Gasteiger partial charge in [0.15, 0.2) is 6.04 Å². The Balaban J connectivity index is 1.82. The molecule has 2 heterocycles. The Hall–Kier alpha value is -3.20. The molecule has 1 aromatic carbocycles. The minimum Gasteiger partial charge on any atom is -0.358 e. The smallest absolute Gasteiger partial charge is 0.358 e. The van der Waals surface area contributed by atoms with Crippen LogP contribution in [0.3, 0.4) is 0 Å². The van der Waals surface area contributed by atoms with Gasteiger partial charge in [0.1, 0.15) is 0 Å². The van der Waals surface area contributed by atoms with Gasteiger partial charge in [0.05, 0.1) is 40.5 Å². The van der Waals surface area contributed by atoms with Gasteiger partial charge in [-0.25, -0.2) is 0 Å². The molecule has 2 aromatic heterocycles. The Kier molecular flexibility index (Phi) is 6.21. The van der Waals surface area contributed by atoms with Crippen molar-refractivity contribution in [1.82, 2.24) is 19.6 Å². The van der Waals surface area contributed by atoms with E-state index in [-0.39, 0.29) is 11.7 Å². The number of nitro groups is 1. The van der Waals surface area contributed by atoms with E-state index in [1.54, 1.807) is 6.92 Å². The van der Waals surface area contributed by atoms with Crippen LogP contribution >= 0.6 is 11.6 Å². The van der Waals surface area contributed by atoms with Gasteiger partial charge in [-0.2, -0.15) is 9.78 Å². The van der Waals surface area contributed by atoms with Crippen LogP contribution in [0, 0.1) is 30.9 Å². The standard InChI is InChI=1S/C20H23ClN6O3/c1-5-17(26-12(2)10-18(24-26)27(29)30)20(28)22-19-13(3)23-25(14(19)4)11-15-6-8-16(21)9-7-15/h6-10,17H,5,11H2,1-4H3,(H,22,28). The van der Waals surface area contributed by atoms with Gasteiger partial charge in [-0.1, -0.05) is 30.7 Å². The van der Waals surface area contributed by atoms with E-state index < -0.39 is 11.0 Å². The zero-order chi connectivity index (χ0) is 22.0. The minimum atomic E-state index is -0.669. The van der Waals surface area contributed by atoms with Crippen molar-refractivity contribution in [3.05, 3.63) is 68.1 Å². The number of rotatable bonds is 7. The molecule has 10 heteroatoms. The number of halogens is 1. The van der Waals surface area contributed by atoms with Gasteiger partial charge >= 0.3 is 5.82 Å². The number of carbonyl (C=O) groups is 1. The molecule has 0 saturated heterocycles. The number of amides is 1. The van der Waals surface area contributed by atoms with Crippen molar-refractivity contribution < 1.29 is 9.72 Å². The number of aromatic nitrogens is 4. The van der Waals surface area contributed by atoms with Crippen LogP contribution in [0.1, 0.15) is 42.0 Å². The second-order valence-corrected chi connectivity index (χ2v) is 7.53. The molecule has 158 valence electrons. The quantitative estimate of drug-likeness (QED) is 0.446. The maximum Gasteiger partial charge on any atom is 0.390 e. The molecule has 0 aliphatic heterocycles. The fourth-order valence-electron chi connectivity index (χ4n) is 3.35. The maximum atomic E-state index is 13.0. The van der Waals surface area contributed by atoms with Crippen molar-refractivity contribution >= 4 is 29.0 Å². The van der Waals surface area contributed by atoms with E-state index in [1.807, 2.05) is 49.7 Å². The third-order valence-corrected chi connectivity index (χ3v) is 5.21. The highest BCUT2D eigenvalue weighted by Crippen LogP contribution is 2.24.